The number of ketones is 1. The van der Waals surface area contributed by atoms with Crippen molar-refractivity contribution >= 4 is 46.1 Å². The van der Waals surface area contributed by atoms with Crippen LogP contribution in [0.3, 0.4) is 0 Å². The maximum Gasteiger partial charge on any atom is 0.175 e. The number of nitrogens with zero attached hydrogens (tertiary/aromatic N) is 2. The van der Waals surface area contributed by atoms with Crippen molar-refractivity contribution in [3.63, 3.8) is 0 Å². The van der Waals surface area contributed by atoms with Crippen LogP contribution in [0, 0.1) is 0 Å². The molecule has 3 aromatic rings. The molecule has 0 amide bonds. The smallest absolute Gasteiger partial charge is 0.175 e. The maximum atomic E-state index is 11.3. The third-order valence-electron chi connectivity index (χ3n) is 3.73. The first kappa shape index (κ1) is 18.1. The standard InChI is InChI=1S/C19H17ClN4OS/c1-13(25)14-6-8-16(9-7-14)22-19(26)23-17-10-21-24(12-17)11-15-4-2-3-5-18(15)20/h2-10,12H,11H2,1H3,(H2,22,23,26). The molecule has 0 aliphatic heterocycles. The van der Waals surface area contributed by atoms with Gasteiger partial charge in [0.25, 0.3) is 0 Å². The molecule has 0 unspecified atom stereocenters. The Hall–Kier alpha value is -2.70. The van der Waals surface area contributed by atoms with E-state index in [4.69, 9.17) is 23.8 Å². The van der Waals surface area contributed by atoms with Gasteiger partial charge in [-0.05, 0) is 55.0 Å². The van der Waals surface area contributed by atoms with E-state index in [1.807, 2.05) is 42.6 Å². The topological polar surface area (TPSA) is 59.0 Å². The second-order valence-electron chi connectivity index (χ2n) is 5.73. The maximum absolute atomic E-state index is 11.3. The van der Waals surface area contributed by atoms with Gasteiger partial charge in [-0.1, -0.05) is 29.8 Å². The van der Waals surface area contributed by atoms with Crippen molar-refractivity contribution < 1.29 is 4.79 Å². The summed E-state index contributed by atoms with van der Waals surface area (Å²) in [6, 6.07) is 14.8. The van der Waals surface area contributed by atoms with E-state index >= 15 is 0 Å². The van der Waals surface area contributed by atoms with Gasteiger partial charge in [0.05, 0.1) is 18.4 Å². The van der Waals surface area contributed by atoms with Crippen LogP contribution >= 0.6 is 23.8 Å². The number of aromatic nitrogens is 2. The van der Waals surface area contributed by atoms with Crippen molar-refractivity contribution in [1.82, 2.24) is 9.78 Å². The number of halogens is 1. The van der Waals surface area contributed by atoms with Gasteiger partial charge in [-0.2, -0.15) is 5.10 Å². The number of carbonyl (C=O) groups is 1. The third-order valence-corrected chi connectivity index (χ3v) is 4.30. The monoisotopic (exact) mass is 384 g/mol. The predicted octanol–water partition coefficient (Wildman–Crippen LogP) is 4.60. The zero-order chi connectivity index (χ0) is 18.5. The first-order valence-corrected chi connectivity index (χ1v) is 8.75. The van der Waals surface area contributed by atoms with Gasteiger partial charge in [-0.15, -0.1) is 0 Å². The Bertz CT molecular complexity index is 937. The average Bonchev–Trinajstić information content (AvgIpc) is 3.04. The fourth-order valence-corrected chi connectivity index (χ4v) is 2.83. The first-order valence-electron chi connectivity index (χ1n) is 7.96. The van der Waals surface area contributed by atoms with E-state index in [0.29, 0.717) is 22.2 Å². The molecule has 0 bridgehead atoms. The van der Waals surface area contributed by atoms with E-state index in [0.717, 1.165) is 16.9 Å². The van der Waals surface area contributed by atoms with Crippen LogP contribution in [0.15, 0.2) is 60.9 Å². The summed E-state index contributed by atoms with van der Waals surface area (Å²) in [6.07, 6.45) is 3.56. The highest BCUT2D eigenvalue weighted by molar-refractivity contribution is 7.80. The minimum absolute atomic E-state index is 0.0307. The van der Waals surface area contributed by atoms with Crippen LogP contribution in [0.1, 0.15) is 22.8 Å². The number of anilines is 2. The summed E-state index contributed by atoms with van der Waals surface area (Å²) in [6.45, 7) is 2.11. The van der Waals surface area contributed by atoms with Crippen molar-refractivity contribution in [1.29, 1.82) is 0 Å². The molecule has 0 aliphatic carbocycles. The molecule has 0 atom stereocenters. The fourth-order valence-electron chi connectivity index (χ4n) is 2.40. The Labute approximate surface area is 162 Å². The lowest BCUT2D eigenvalue weighted by Crippen LogP contribution is -2.18. The van der Waals surface area contributed by atoms with Crippen LogP contribution in [0.5, 0.6) is 0 Å². The molecule has 0 spiro atoms. The van der Waals surface area contributed by atoms with E-state index in [1.165, 1.54) is 6.92 Å². The molecule has 0 aliphatic rings. The van der Waals surface area contributed by atoms with Gasteiger partial charge < -0.3 is 10.6 Å². The molecule has 7 heteroatoms. The summed E-state index contributed by atoms with van der Waals surface area (Å²) < 4.78 is 1.79. The number of Topliss-reactive ketones (excluding diaryl/α,β-unsaturated/α-hetero) is 1. The molecule has 1 heterocycles. The normalized spacial score (nSPS) is 10.4. The van der Waals surface area contributed by atoms with Crippen LogP contribution < -0.4 is 10.6 Å². The summed E-state index contributed by atoms with van der Waals surface area (Å²) in [5, 5.41) is 11.6. The molecule has 0 fully saturated rings. The molecule has 0 saturated carbocycles. The highest BCUT2D eigenvalue weighted by atomic mass is 35.5. The van der Waals surface area contributed by atoms with Gasteiger partial charge in [0.15, 0.2) is 10.9 Å². The summed E-state index contributed by atoms with van der Waals surface area (Å²) in [4.78, 5) is 11.3. The first-order chi connectivity index (χ1) is 12.5. The zero-order valence-electron chi connectivity index (χ0n) is 14.1. The molecule has 132 valence electrons. The van der Waals surface area contributed by atoms with E-state index in [-0.39, 0.29) is 5.78 Å². The summed E-state index contributed by atoms with van der Waals surface area (Å²) in [5.41, 5.74) is 3.23. The Kier molecular flexibility index (Phi) is 5.65. The quantitative estimate of drug-likeness (QED) is 0.497. The van der Waals surface area contributed by atoms with Gasteiger partial charge in [-0.3, -0.25) is 9.48 Å². The molecule has 5 nitrogen and oxygen atoms in total. The minimum Gasteiger partial charge on any atom is -0.332 e. The molecular weight excluding hydrogens is 368 g/mol. The zero-order valence-corrected chi connectivity index (χ0v) is 15.6. The van der Waals surface area contributed by atoms with Gasteiger partial charge in [-0.25, -0.2) is 0 Å². The third kappa shape index (κ3) is 4.68. The Morgan fingerprint density at radius 3 is 2.50 bits per heavy atom. The molecule has 3 rings (SSSR count). The number of thiocarbonyl (C=S) groups is 1. The largest absolute Gasteiger partial charge is 0.332 e. The summed E-state index contributed by atoms with van der Waals surface area (Å²) in [7, 11) is 0. The van der Waals surface area contributed by atoms with Gasteiger partial charge >= 0.3 is 0 Å². The fraction of sp³-hybridized carbons (Fsp3) is 0.105. The lowest BCUT2D eigenvalue weighted by Gasteiger charge is -2.09. The number of hydrogen-bond acceptors (Lipinski definition) is 3. The molecule has 26 heavy (non-hydrogen) atoms. The van der Waals surface area contributed by atoms with Gasteiger partial charge in [0.1, 0.15) is 0 Å². The SMILES string of the molecule is CC(=O)c1ccc(NC(=S)Nc2cnn(Cc3ccccc3Cl)c2)cc1. The second kappa shape index (κ2) is 8.12. The van der Waals surface area contributed by atoms with Crippen LogP contribution in [0.25, 0.3) is 0 Å². The Morgan fingerprint density at radius 2 is 1.81 bits per heavy atom. The van der Waals surface area contributed by atoms with Crippen molar-refractivity contribution in [2.45, 2.75) is 13.5 Å². The number of carbonyl (C=O) groups excluding carboxylic acids is 1. The van der Waals surface area contributed by atoms with Crippen molar-refractivity contribution in [2.24, 2.45) is 0 Å². The van der Waals surface area contributed by atoms with Crippen molar-refractivity contribution in [3.05, 3.63) is 77.1 Å². The van der Waals surface area contributed by atoms with Crippen molar-refractivity contribution in [2.75, 3.05) is 10.6 Å². The lowest BCUT2D eigenvalue weighted by atomic mass is 10.1. The van der Waals surface area contributed by atoms with Crippen LogP contribution in [-0.2, 0) is 6.54 Å². The van der Waals surface area contributed by atoms with E-state index in [1.54, 1.807) is 23.0 Å². The Morgan fingerprint density at radius 1 is 1.12 bits per heavy atom. The molecule has 0 saturated heterocycles. The number of hydrogen-bond donors (Lipinski definition) is 2. The number of benzene rings is 2. The highest BCUT2D eigenvalue weighted by Crippen LogP contribution is 2.17. The molecular formula is C19H17ClN4OS. The van der Waals surface area contributed by atoms with Gasteiger partial charge in [0.2, 0.25) is 0 Å². The lowest BCUT2D eigenvalue weighted by molar-refractivity contribution is 0.101. The molecule has 1 aromatic heterocycles. The second-order valence-corrected chi connectivity index (χ2v) is 6.55. The number of rotatable bonds is 5. The van der Waals surface area contributed by atoms with Crippen molar-refractivity contribution in [3.8, 4) is 0 Å². The molecule has 2 aromatic carbocycles. The van der Waals surface area contributed by atoms with E-state index in [2.05, 4.69) is 15.7 Å². The van der Waals surface area contributed by atoms with Crippen LogP contribution in [0.4, 0.5) is 11.4 Å². The van der Waals surface area contributed by atoms with E-state index in [9.17, 15) is 4.79 Å². The minimum atomic E-state index is 0.0307. The summed E-state index contributed by atoms with van der Waals surface area (Å²) >= 11 is 11.5. The predicted molar refractivity (Wildman–Crippen MR) is 109 cm³/mol. The molecule has 2 N–H and O–H groups in total. The van der Waals surface area contributed by atoms with Crippen LogP contribution in [-0.4, -0.2) is 20.7 Å². The Balaban J connectivity index is 1.59. The highest BCUT2D eigenvalue weighted by Gasteiger charge is 2.05. The number of nitrogens with one attached hydrogen (secondary N) is 2. The average molecular weight is 385 g/mol. The van der Waals surface area contributed by atoms with E-state index < -0.39 is 0 Å². The van der Waals surface area contributed by atoms with Gasteiger partial charge in [0, 0.05) is 22.5 Å². The van der Waals surface area contributed by atoms with Crippen LogP contribution in [0.2, 0.25) is 5.02 Å². The molecule has 0 radical (unpaired) electrons. The summed E-state index contributed by atoms with van der Waals surface area (Å²) in [5.74, 6) is 0.0307.